The van der Waals surface area contributed by atoms with Crippen molar-refractivity contribution < 1.29 is 17.9 Å². The van der Waals surface area contributed by atoms with Crippen LogP contribution in [0.4, 0.5) is 0 Å². The molecule has 7 heteroatoms. The number of piperidine rings is 1. The predicted octanol–water partition coefficient (Wildman–Crippen LogP) is 2.50. The van der Waals surface area contributed by atoms with E-state index in [0.29, 0.717) is 38.0 Å². The Morgan fingerprint density at radius 3 is 2.41 bits per heavy atom. The van der Waals surface area contributed by atoms with Gasteiger partial charge in [0.05, 0.1) is 11.5 Å². The minimum absolute atomic E-state index is 0.0166. The van der Waals surface area contributed by atoms with Crippen LogP contribution in [0.5, 0.6) is 0 Å². The van der Waals surface area contributed by atoms with Gasteiger partial charge in [-0.1, -0.05) is 19.1 Å². The SMILES string of the molecule is CCC(=O)c1ccc(S(=O)(=O)N2CCOC23CCN(CC2CC2)CC3)cc1. The summed E-state index contributed by atoms with van der Waals surface area (Å²) in [5, 5.41) is 0. The molecule has 0 bridgehead atoms. The van der Waals surface area contributed by atoms with E-state index in [1.165, 1.54) is 12.8 Å². The van der Waals surface area contributed by atoms with Crippen molar-refractivity contribution in [1.29, 1.82) is 0 Å². The maximum Gasteiger partial charge on any atom is 0.245 e. The number of hydrogen-bond donors (Lipinski definition) is 0. The molecule has 1 aromatic rings. The van der Waals surface area contributed by atoms with Crippen molar-refractivity contribution >= 4 is 15.8 Å². The van der Waals surface area contributed by atoms with Gasteiger partial charge in [0.2, 0.25) is 10.0 Å². The summed E-state index contributed by atoms with van der Waals surface area (Å²) >= 11 is 0. The van der Waals surface area contributed by atoms with Crippen LogP contribution in [0.15, 0.2) is 29.2 Å². The summed E-state index contributed by atoms with van der Waals surface area (Å²) in [5.74, 6) is 0.857. The maximum atomic E-state index is 13.3. The number of rotatable bonds is 6. The van der Waals surface area contributed by atoms with Crippen molar-refractivity contribution in [3.63, 3.8) is 0 Å². The molecule has 27 heavy (non-hydrogen) atoms. The average Bonchev–Trinajstić information content (AvgIpc) is 3.41. The molecule has 0 unspecified atom stereocenters. The van der Waals surface area contributed by atoms with E-state index < -0.39 is 15.7 Å². The summed E-state index contributed by atoms with van der Waals surface area (Å²) in [5.41, 5.74) is -0.159. The number of benzene rings is 1. The Kier molecular flexibility index (Phi) is 5.14. The Morgan fingerprint density at radius 1 is 1.15 bits per heavy atom. The van der Waals surface area contributed by atoms with Crippen LogP contribution in [0.1, 0.15) is 49.4 Å². The number of likely N-dealkylation sites (tertiary alicyclic amines) is 1. The summed E-state index contributed by atoms with van der Waals surface area (Å²) in [6.45, 7) is 5.53. The smallest absolute Gasteiger partial charge is 0.245 e. The molecule has 0 N–H and O–H groups in total. The highest BCUT2D eigenvalue weighted by molar-refractivity contribution is 7.89. The van der Waals surface area contributed by atoms with Gasteiger partial charge in [-0.25, -0.2) is 8.42 Å². The van der Waals surface area contributed by atoms with Crippen LogP contribution >= 0.6 is 0 Å². The first-order chi connectivity index (χ1) is 12.9. The average molecular weight is 393 g/mol. The summed E-state index contributed by atoms with van der Waals surface area (Å²) < 4.78 is 34.1. The molecule has 2 aliphatic heterocycles. The normalized spacial score (nSPS) is 23.7. The van der Waals surface area contributed by atoms with E-state index in [0.717, 1.165) is 25.6 Å². The second-order valence-electron chi connectivity index (χ2n) is 7.92. The molecule has 1 aliphatic carbocycles. The highest BCUT2D eigenvalue weighted by atomic mass is 32.2. The van der Waals surface area contributed by atoms with Crippen LogP contribution in [0.2, 0.25) is 0 Å². The van der Waals surface area contributed by atoms with Crippen LogP contribution in [0.3, 0.4) is 0 Å². The summed E-state index contributed by atoms with van der Waals surface area (Å²) in [6, 6.07) is 6.32. The van der Waals surface area contributed by atoms with Crippen molar-refractivity contribution in [2.45, 2.75) is 49.6 Å². The van der Waals surface area contributed by atoms with E-state index in [2.05, 4.69) is 4.90 Å². The Morgan fingerprint density at radius 2 is 1.81 bits per heavy atom. The van der Waals surface area contributed by atoms with E-state index in [1.807, 2.05) is 0 Å². The van der Waals surface area contributed by atoms with Crippen molar-refractivity contribution in [3.8, 4) is 0 Å². The van der Waals surface area contributed by atoms with E-state index in [4.69, 9.17) is 4.74 Å². The van der Waals surface area contributed by atoms with Crippen LogP contribution in [0.25, 0.3) is 0 Å². The first-order valence-electron chi connectivity index (χ1n) is 9.97. The molecule has 0 amide bonds. The monoisotopic (exact) mass is 392 g/mol. The highest BCUT2D eigenvalue weighted by Gasteiger charge is 2.50. The van der Waals surface area contributed by atoms with Gasteiger partial charge in [-0.15, -0.1) is 0 Å². The molecule has 0 radical (unpaired) electrons. The number of Topliss-reactive ketones (excluding diaryl/α,β-unsaturated/α-hetero) is 1. The van der Waals surface area contributed by atoms with Gasteiger partial charge < -0.3 is 9.64 Å². The molecule has 0 aromatic heterocycles. The lowest BCUT2D eigenvalue weighted by Gasteiger charge is -2.43. The number of carbonyl (C=O) groups is 1. The molecule has 1 saturated carbocycles. The second kappa shape index (κ2) is 7.28. The maximum absolute atomic E-state index is 13.3. The third-order valence-electron chi connectivity index (χ3n) is 6.06. The Hall–Kier alpha value is -1.28. The van der Waals surface area contributed by atoms with Gasteiger partial charge in [0.25, 0.3) is 0 Å². The molecule has 1 aromatic carbocycles. The quantitative estimate of drug-likeness (QED) is 0.696. The first-order valence-corrected chi connectivity index (χ1v) is 11.4. The molecule has 3 fully saturated rings. The zero-order valence-electron chi connectivity index (χ0n) is 15.9. The lowest BCUT2D eigenvalue weighted by Crippen LogP contribution is -2.55. The van der Waals surface area contributed by atoms with Crippen LogP contribution in [-0.2, 0) is 14.8 Å². The molecule has 0 atom stereocenters. The molecule has 6 nitrogen and oxygen atoms in total. The van der Waals surface area contributed by atoms with Gasteiger partial charge in [-0.3, -0.25) is 4.79 Å². The Balaban J connectivity index is 1.51. The van der Waals surface area contributed by atoms with E-state index >= 15 is 0 Å². The number of nitrogens with zero attached hydrogens (tertiary/aromatic N) is 2. The molecule has 1 spiro atoms. The molecule has 2 saturated heterocycles. The van der Waals surface area contributed by atoms with E-state index in [1.54, 1.807) is 35.5 Å². The summed E-state index contributed by atoms with van der Waals surface area (Å²) in [7, 11) is -3.65. The number of sulfonamides is 1. The molecular weight excluding hydrogens is 364 g/mol. The third-order valence-corrected chi connectivity index (χ3v) is 8.02. The van der Waals surface area contributed by atoms with E-state index in [-0.39, 0.29) is 10.7 Å². The topological polar surface area (TPSA) is 66.9 Å². The summed E-state index contributed by atoms with van der Waals surface area (Å²) in [6.07, 6.45) is 4.49. The Labute approximate surface area is 161 Å². The van der Waals surface area contributed by atoms with Gasteiger partial charge in [-0.2, -0.15) is 4.31 Å². The fourth-order valence-electron chi connectivity index (χ4n) is 4.22. The highest BCUT2D eigenvalue weighted by Crippen LogP contribution is 2.39. The molecule has 2 heterocycles. The predicted molar refractivity (Wildman–Crippen MR) is 102 cm³/mol. The van der Waals surface area contributed by atoms with E-state index in [9.17, 15) is 13.2 Å². The van der Waals surface area contributed by atoms with Crippen molar-refractivity contribution in [2.24, 2.45) is 5.92 Å². The first kappa shape index (κ1) is 19.1. The minimum atomic E-state index is -3.65. The standard InChI is InChI=1S/C20H28N2O4S/c1-2-19(23)17-5-7-18(8-6-17)27(24,25)22-13-14-26-20(22)9-11-21(12-10-20)15-16-3-4-16/h5-8,16H,2-4,9-15H2,1H3. The minimum Gasteiger partial charge on any atom is -0.358 e. The number of carbonyl (C=O) groups excluding carboxylic acids is 1. The molecular formula is C20H28N2O4S. The molecule has 3 aliphatic rings. The largest absolute Gasteiger partial charge is 0.358 e. The van der Waals surface area contributed by atoms with Crippen LogP contribution in [0, 0.1) is 5.92 Å². The van der Waals surface area contributed by atoms with Gasteiger partial charge in [-0.05, 0) is 30.9 Å². The fourth-order valence-corrected chi connectivity index (χ4v) is 5.94. The van der Waals surface area contributed by atoms with Gasteiger partial charge in [0, 0.05) is 51.0 Å². The molecule has 4 rings (SSSR count). The Bertz CT molecular complexity index is 794. The fraction of sp³-hybridized carbons (Fsp3) is 0.650. The number of ketones is 1. The third kappa shape index (κ3) is 3.70. The zero-order chi connectivity index (χ0) is 19.1. The lowest BCUT2D eigenvalue weighted by molar-refractivity contribution is -0.0910. The van der Waals surface area contributed by atoms with Gasteiger partial charge >= 0.3 is 0 Å². The molecule has 148 valence electrons. The number of ether oxygens (including phenoxy) is 1. The summed E-state index contributed by atoms with van der Waals surface area (Å²) in [4.78, 5) is 14.5. The van der Waals surface area contributed by atoms with Crippen LogP contribution in [-0.4, -0.2) is 61.9 Å². The van der Waals surface area contributed by atoms with Crippen molar-refractivity contribution in [2.75, 3.05) is 32.8 Å². The van der Waals surface area contributed by atoms with Gasteiger partial charge in [0.1, 0.15) is 5.72 Å². The second-order valence-corrected chi connectivity index (χ2v) is 9.78. The lowest BCUT2D eigenvalue weighted by atomic mass is 10.0. The van der Waals surface area contributed by atoms with Crippen molar-refractivity contribution in [1.82, 2.24) is 9.21 Å². The zero-order valence-corrected chi connectivity index (χ0v) is 16.7. The van der Waals surface area contributed by atoms with Crippen molar-refractivity contribution in [3.05, 3.63) is 29.8 Å². The number of hydrogen-bond acceptors (Lipinski definition) is 5. The van der Waals surface area contributed by atoms with Gasteiger partial charge in [0.15, 0.2) is 5.78 Å². The van der Waals surface area contributed by atoms with Crippen LogP contribution < -0.4 is 0 Å².